The van der Waals surface area contributed by atoms with Crippen molar-refractivity contribution < 1.29 is 4.79 Å². The van der Waals surface area contributed by atoms with Gasteiger partial charge in [-0.25, -0.2) is 0 Å². The largest absolute Gasteiger partial charge is 0.353 e. The Morgan fingerprint density at radius 3 is 2.42 bits per heavy atom. The summed E-state index contributed by atoms with van der Waals surface area (Å²) in [5.41, 5.74) is 6.05. The van der Waals surface area contributed by atoms with Crippen molar-refractivity contribution >= 4 is 5.91 Å². The molecule has 0 aromatic heterocycles. The summed E-state index contributed by atoms with van der Waals surface area (Å²) in [5.74, 6) is 1.18. The lowest BCUT2D eigenvalue weighted by Gasteiger charge is -2.36. The molecule has 1 amide bonds. The van der Waals surface area contributed by atoms with Crippen molar-refractivity contribution in [3.63, 3.8) is 0 Å². The van der Waals surface area contributed by atoms with Gasteiger partial charge >= 0.3 is 0 Å². The topological polar surface area (TPSA) is 58.4 Å². The summed E-state index contributed by atoms with van der Waals surface area (Å²) in [4.78, 5) is 14.8. The third kappa shape index (κ3) is 4.18. The minimum atomic E-state index is 0.0201. The van der Waals surface area contributed by atoms with Crippen LogP contribution in [0, 0.1) is 11.8 Å². The number of hydrogen-bond donors (Lipinski definition) is 2. The summed E-state index contributed by atoms with van der Waals surface area (Å²) in [7, 11) is 0. The lowest BCUT2D eigenvalue weighted by Crippen LogP contribution is -2.53. The number of carbonyl (C=O) groups excluding carboxylic acids is 1. The summed E-state index contributed by atoms with van der Waals surface area (Å²) < 4.78 is 0. The number of rotatable bonds is 6. The average molecular weight is 267 g/mol. The molecule has 1 saturated heterocycles. The van der Waals surface area contributed by atoms with Crippen molar-refractivity contribution in [1.82, 2.24) is 10.2 Å². The molecule has 0 aromatic rings. The molecule has 110 valence electrons. The van der Waals surface area contributed by atoms with Gasteiger partial charge in [-0.05, 0) is 50.6 Å². The van der Waals surface area contributed by atoms with Crippen LogP contribution in [-0.2, 0) is 4.79 Å². The Morgan fingerprint density at radius 1 is 1.26 bits per heavy atom. The van der Waals surface area contributed by atoms with E-state index in [1.165, 1.54) is 32.1 Å². The molecule has 2 unspecified atom stereocenters. The highest BCUT2D eigenvalue weighted by Crippen LogP contribution is 2.31. The van der Waals surface area contributed by atoms with Crippen LogP contribution in [0.2, 0.25) is 0 Å². The monoisotopic (exact) mass is 267 g/mol. The highest BCUT2D eigenvalue weighted by molar-refractivity contribution is 5.82. The first-order valence-electron chi connectivity index (χ1n) is 7.87. The predicted octanol–water partition coefficient (Wildman–Crippen LogP) is 1.35. The van der Waals surface area contributed by atoms with Crippen molar-refractivity contribution in [3.05, 3.63) is 0 Å². The number of piperidine rings is 1. The Balaban J connectivity index is 1.84. The van der Waals surface area contributed by atoms with E-state index in [4.69, 9.17) is 5.73 Å². The van der Waals surface area contributed by atoms with Crippen LogP contribution in [0.3, 0.4) is 0 Å². The Kier molecular flexibility index (Phi) is 5.22. The molecule has 1 aliphatic carbocycles. The van der Waals surface area contributed by atoms with Crippen molar-refractivity contribution in [2.24, 2.45) is 17.6 Å². The van der Waals surface area contributed by atoms with Crippen molar-refractivity contribution in [1.29, 1.82) is 0 Å². The Bertz CT molecular complexity index is 296. The zero-order valence-corrected chi connectivity index (χ0v) is 12.4. The van der Waals surface area contributed by atoms with Crippen LogP contribution in [0.15, 0.2) is 0 Å². The summed E-state index contributed by atoms with van der Waals surface area (Å²) >= 11 is 0. The van der Waals surface area contributed by atoms with Gasteiger partial charge in [-0.15, -0.1) is 0 Å². The second-order valence-corrected chi connectivity index (χ2v) is 6.53. The van der Waals surface area contributed by atoms with Gasteiger partial charge in [-0.2, -0.15) is 0 Å². The van der Waals surface area contributed by atoms with E-state index >= 15 is 0 Å². The zero-order chi connectivity index (χ0) is 13.8. The van der Waals surface area contributed by atoms with Crippen LogP contribution >= 0.6 is 0 Å². The molecule has 3 N–H and O–H groups in total. The standard InChI is InChI=1S/C15H29N3O/c1-11(2)14(18-8-4-3-5-9-18)15(19)17-10-13(16)12-6-7-12/h11-14H,3-10,16H2,1-2H3,(H,17,19). The molecule has 2 rings (SSSR count). The van der Waals surface area contributed by atoms with E-state index in [0.717, 1.165) is 13.1 Å². The van der Waals surface area contributed by atoms with E-state index < -0.39 is 0 Å². The summed E-state index contributed by atoms with van der Waals surface area (Å²) in [6, 6.07) is 0.171. The average Bonchev–Trinajstić information content (AvgIpc) is 3.21. The molecular formula is C15H29N3O. The van der Waals surface area contributed by atoms with Crippen LogP contribution in [-0.4, -0.2) is 42.5 Å². The van der Waals surface area contributed by atoms with E-state index in [1.54, 1.807) is 0 Å². The summed E-state index contributed by atoms with van der Waals surface area (Å²) in [5, 5.41) is 3.08. The van der Waals surface area contributed by atoms with Gasteiger partial charge in [-0.3, -0.25) is 9.69 Å². The van der Waals surface area contributed by atoms with Gasteiger partial charge in [0.05, 0.1) is 6.04 Å². The molecule has 0 spiro atoms. The van der Waals surface area contributed by atoms with Crippen LogP contribution in [0.4, 0.5) is 0 Å². The van der Waals surface area contributed by atoms with Gasteiger partial charge in [-0.1, -0.05) is 20.3 Å². The molecule has 2 aliphatic rings. The van der Waals surface area contributed by atoms with E-state index in [0.29, 0.717) is 18.4 Å². The van der Waals surface area contributed by atoms with Crippen molar-refractivity contribution in [2.75, 3.05) is 19.6 Å². The van der Waals surface area contributed by atoms with E-state index in [9.17, 15) is 4.79 Å². The SMILES string of the molecule is CC(C)C(C(=O)NCC(N)C1CC1)N1CCCCC1. The van der Waals surface area contributed by atoms with Crippen LogP contribution < -0.4 is 11.1 Å². The third-order valence-electron chi connectivity index (χ3n) is 4.42. The molecule has 4 heteroatoms. The Labute approximate surface area is 117 Å². The maximum absolute atomic E-state index is 12.4. The minimum Gasteiger partial charge on any atom is -0.353 e. The molecule has 1 aliphatic heterocycles. The number of amides is 1. The molecule has 0 bridgehead atoms. The quantitative estimate of drug-likeness (QED) is 0.764. The fraction of sp³-hybridized carbons (Fsp3) is 0.933. The molecule has 0 radical (unpaired) electrons. The number of nitrogens with one attached hydrogen (secondary N) is 1. The van der Waals surface area contributed by atoms with Gasteiger partial charge in [0.25, 0.3) is 0 Å². The maximum atomic E-state index is 12.4. The summed E-state index contributed by atoms with van der Waals surface area (Å²) in [6.07, 6.45) is 6.21. The van der Waals surface area contributed by atoms with E-state index in [-0.39, 0.29) is 18.0 Å². The number of likely N-dealkylation sites (tertiary alicyclic amines) is 1. The normalized spacial score (nSPS) is 24.2. The zero-order valence-electron chi connectivity index (χ0n) is 12.4. The third-order valence-corrected chi connectivity index (χ3v) is 4.42. The fourth-order valence-electron chi connectivity index (χ4n) is 3.10. The van der Waals surface area contributed by atoms with Crippen LogP contribution in [0.25, 0.3) is 0 Å². The number of carbonyl (C=O) groups is 1. The lowest BCUT2D eigenvalue weighted by molar-refractivity contribution is -0.128. The van der Waals surface area contributed by atoms with Crippen LogP contribution in [0.1, 0.15) is 46.0 Å². The highest BCUT2D eigenvalue weighted by atomic mass is 16.2. The Hall–Kier alpha value is -0.610. The molecule has 4 nitrogen and oxygen atoms in total. The minimum absolute atomic E-state index is 0.0201. The number of hydrogen-bond acceptors (Lipinski definition) is 3. The summed E-state index contributed by atoms with van der Waals surface area (Å²) in [6.45, 7) is 7.04. The molecule has 2 fully saturated rings. The van der Waals surface area contributed by atoms with Crippen LogP contribution in [0.5, 0.6) is 0 Å². The first-order valence-corrected chi connectivity index (χ1v) is 7.87. The maximum Gasteiger partial charge on any atom is 0.237 e. The molecule has 1 saturated carbocycles. The number of nitrogens with zero attached hydrogens (tertiary/aromatic N) is 1. The first kappa shape index (κ1) is 14.8. The molecule has 19 heavy (non-hydrogen) atoms. The highest BCUT2D eigenvalue weighted by Gasteiger charge is 2.32. The second kappa shape index (κ2) is 6.71. The lowest BCUT2D eigenvalue weighted by atomic mass is 9.98. The van der Waals surface area contributed by atoms with Gasteiger partial charge in [0, 0.05) is 12.6 Å². The predicted molar refractivity (Wildman–Crippen MR) is 77.8 cm³/mol. The van der Waals surface area contributed by atoms with E-state index in [1.807, 2.05) is 0 Å². The van der Waals surface area contributed by atoms with Gasteiger partial charge < -0.3 is 11.1 Å². The smallest absolute Gasteiger partial charge is 0.237 e. The molecule has 0 aromatic carbocycles. The molecular weight excluding hydrogens is 238 g/mol. The first-order chi connectivity index (χ1) is 9.09. The van der Waals surface area contributed by atoms with Crippen molar-refractivity contribution in [2.45, 2.75) is 58.0 Å². The van der Waals surface area contributed by atoms with Gasteiger partial charge in [0.2, 0.25) is 5.91 Å². The molecule has 2 atom stereocenters. The Morgan fingerprint density at radius 2 is 1.89 bits per heavy atom. The van der Waals surface area contributed by atoms with Gasteiger partial charge in [0.15, 0.2) is 0 Å². The van der Waals surface area contributed by atoms with Crippen molar-refractivity contribution in [3.8, 4) is 0 Å². The second-order valence-electron chi connectivity index (χ2n) is 6.53. The number of nitrogens with two attached hydrogens (primary N) is 1. The van der Waals surface area contributed by atoms with E-state index in [2.05, 4.69) is 24.1 Å². The van der Waals surface area contributed by atoms with Gasteiger partial charge in [0.1, 0.15) is 0 Å². The fourth-order valence-corrected chi connectivity index (χ4v) is 3.10. The molecule has 1 heterocycles.